The molecule has 2 aromatic rings. The van der Waals surface area contributed by atoms with Gasteiger partial charge in [0.1, 0.15) is 5.82 Å². The van der Waals surface area contributed by atoms with Crippen LogP contribution in [0.15, 0.2) is 35.2 Å². The Kier molecular flexibility index (Phi) is 3.13. The van der Waals surface area contributed by atoms with Gasteiger partial charge in [-0.1, -0.05) is 12.1 Å². The van der Waals surface area contributed by atoms with Gasteiger partial charge in [0.05, 0.1) is 10.6 Å². The summed E-state index contributed by atoms with van der Waals surface area (Å²) < 4.78 is 24.5. The molecule has 1 N–H and O–H groups in total. The van der Waals surface area contributed by atoms with Crippen LogP contribution in [0, 0.1) is 0 Å². The molecule has 0 unspecified atom stereocenters. The number of nitrogens with one attached hydrogen (secondary N) is 1. The monoisotopic (exact) mass is 265 g/mol. The van der Waals surface area contributed by atoms with Gasteiger partial charge in [-0.15, -0.1) is 0 Å². The Bertz CT molecular complexity index is 657. The second-order valence-corrected chi connectivity index (χ2v) is 6.10. The van der Waals surface area contributed by atoms with Crippen molar-refractivity contribution in [2.75, 3.05) is 18.6 Å². The summed E-state index contributed by atoms with van der Waals surface area (Å²) in [5.74, 6) is 0.777. The fraction of sp³-hybridized carbons (Fsp3) is 0.250. The maximum Gasteiger partial charge on any atom is 0.175 e. The summed E-state index contributed by atoms with van der Waals surface area (Å²) in [6.07, 6.45) is 1.20. The Morgan fingerprint density at radius 3 is 2.28 bits per heavy atom. The SMILES string of the molecule is CNc1cc(-c2ccc(S(C)(=O)=O)cc2)n(C)n1. The molecule has 0 amide bonds. The van der Waals surface area contributed by atoms with Crippen LogP contribution < -0.4 is 5.32 Å². The van der Waals surface area contributed by atoms with Crippen LogP contribution in [0.5, 0.6) is 0 Å². The molecule has 6 heteroatoms. The lowest BCUT2D eigenvalue weighted by atomic mass is 10.1. The van der Waals surface area contributed by atoms with E-state index in [-0.39, 0.29) is 0 Å². The first-order valence-electron chi connectivity index (χ1n) is 5.44. The molecule has 96 valence electrons. The van der Waals surface area contributed by atoms with Crippen LogP contribution in [-0.2, 0) is 16.9 Å². The predicted octanol–water partition coefficient (Wildman–Crippen LogP) is 1.53. The van der Waals surface area contributed by atoms with E-state index in [0.29, 0.717) is 4.90 Å². The number of nitrogens with zero attached hydrogens (tertiary/aromatic N) is 2. The van der Waals surface area contributed by atoms with E-state index >= 15 is 0 Å². The highest BCUT2D eigenvalue weighted by atomic mass is 32.2. The number of aryl methyl sites for hydroxylation is 1. The van der Waals surface area contributed by atoms with E-state index < -0.39 is 9.84 Å². The number of sulfone groups is 1. The van der Waals surface area contributed by atoms with E-state index in [4.69, 9.17) is 0 Å². The average molecular weight is 265 g/mol. The highest BCUT2D eigenvalue weighted by molar-refractivity contribution is 7.90. The Labute approximate surface area is 106 Å². The van der Waals surface area contributed by atoms with Gasteiger partial charge in [-0.3, -0.25) is 4.68 Å². The Balaban J connectivity index is 2.43. The van der Waals surface area contributed by atoms with Crippen LogP contribution in [0.3, 0.4) is 0 Å². The lowest BCUT2D eigenvalue weighted by Gasteiger charge is -2.03. The zero-order valence-electron chi connectivity index (χ0n) is 10.5. The fourth-order valence-electron chi connectivity index (χ4n) is 1.73. The van der Waals surface area contributed by atoms with E-state index in [2.05, 4.69) is 10.4 Å². The molecule has 1 aromatic carbocycles. The zero-order valence-corrected chi connectivity index (χ0v) is 11.3. The van der Waals surface area contributed by atoms with Crippen LogP contribution in [0.4, 0.5) is 5.82 Å². The van der Waals surface area contributed by atoms with Crippen molar-refractivity contribution in [1.29, 1.82) is 0 Å². The van der Waals surface area contributed by atoms with E-state index in [9.17, 15) is 8.42 Å². The van der Waals surface area contributed by atoms with Gasteiger partial charge in [-0.05, 0) is 17.7 Å². The molecule has 0 spiro atoms. The molecule has 0 aliphatic heterocycles. The van der Waals surface area contributed by atoms with Gasteiger partial charge in [0.25, 0.3) is 0 Å². The standard InChI is InChI=1S/C12H15N3O2S/c1-13-12-8-11(15(2)14-12)9-4-6-10(7-5-9)18(3,16)17/h4-8H,1-3H3,(H,13,14). The van der Waals surface area contributed by atoms with Gasteiger partial charge in [-0.25, -0.2) is 8.42 Å². The normalized spacial score (nSPS) is 11.5. The molecule has 0 aliphatic carbocycles. The summed E-state index contributed by atoms with van der Waals surface area (Å²) in [4.78, 5) is 0.322. The summed E-state index contributed by atoms with van der Waals surface area (Å²) in [6.45, 7) is 0. The number of benzene rings is 1. The summed E-state index contributed by atoms with van der Waals surface area (Å²) >= 11 is 0. The highest BCUT2D eigenvalue weighted by Gasteiger charge is 2.09. The molecule has 0 bridgehead atoms. The molecule has 0 fully saturated rings. The average Bonchev–Trinajstić information content (AvgIpc) is 2.70. The molecule has 18 heavy (non-hydrogen) atoms. The van der Waals surface area contributed by atoms with Gasteiger partial charge in [0.15, 0.2) is 9.84 Å². The third kappa shape index (κ3) is 2.38. The maximum atomic E-state index is 11.4. The number of aromatic nitrogens is 2. The molecular formula is C12H15N3O2S. The second-order valence-electron chi connectivity index (χ2n) is 4.08. The minimum absolute atomic E-state index is 0.322. The van der Waals surface area contributed by atoms with Crippen molar-refractivity contribution in [1.82, 2.24) is 9.78 Å². The Morgan fingerprint density at radius 2 is 1.83 bits per heavy atom. The summed E-state index contributed by atoms with van der Waals surface area (Å²) in [5, 5.41) is 7.23. The van der Waals surface area contributed by atoms with Crippen LogP contribution in [-0.4, -0.2) is 31.5 Å². The molecular weight excluding hydrogens is 250 g/mol. The third-order valence-electron chi connectivity index (χ3n) is 2.71. The molecule has 5 nitrogen and oxygen atoms in total. The van der Waals surface area contributed by atoms with Gasteiger partial charge >= 0.3 is 0 Å². The van der Waals surface area contributed by atoms with Crippen molar-refractivity contribution < 1.29 is 8.42 Å². The van der Waals surface area contributed by atoms with E-state index in [1.54, 1.807) is 36.0 Å². The van der Waals surface area contributed by atoms with Gasteiger partial charge in [0.2, 0.25) is 0 Å². The molecule has 1 aromatic heterocycles. The van der Waals surface area contributed by atoms with Gasteiger partial charge in [-0.2, -0.15) is 5.10 Å². The molecule has 1 heterocycles. The predicted molar refractivity (Wildman–Crippen MR) is 71.3 cm³/mol. The number of hydrogen-bond donors (Lipinski definition) is 1. The first-order chi connectivity index (χ1) is 8.41. The van der Waals surface area contributed by atoms with Crippen molar-refractivity contribution in [2.24, 2.45) is 7.05 Å². The van der Waals surface area contributed by atoms with Gasteiger partial charge < -0.3 is 5.32 Å². The Morgan fingerprint density at radius 1 is 1.22 bits per heavy atom. The quantitative estimate of drug-likeness (QED) is 0.914. The first kappa shape index (κ1) is 12.6. The second kappa shape index (κ2) is 4.45. The summed E-state index contributed by atoms with van der Waals surface area (Å²) in [5.41, 5.74) is 1.86. The topological polar surface area (TPSA) is 64.0 Å². The molecule has 0 atom stereocenters. The smallest absolute Gasteiger partial charge is 0.175 e. The molecule has 0 saturated carbocycles. The largest absolute Gasteiger partial charge is 0.372 e. The van der Waals surface area contributed by atoms with Crippen LogP contribution in [0.2, 0.25) is 0 Å². The number of rotatable bonds is 3. The van der Waals surface area contributed by atoms with Crippen molar-refractivity contribution in [3.63, 3.8) is 0 Å². The van der Waals surface area contributed by atoms with E-state index in [0.717, 1.165) is 17.1 Å². The Hall–Kier alpha value is -1.82. The highest BCUT2D eigenvalue weighted by Crippen LogP contribution is 2.23. The third-order valence-corrected chi connectivity index (χ3v) is 3.84. The van der Waals surface area contributed by atoms with Gasteiger partial charge in [0, 0.05) is 26.4 Å². The number of hydrogen-bond acceptors (Lipinski definition) is 4. The van der Waals surface area contributed by atoms with Crippen LogP contribution >= 0.6 is 0 Å². The van der Waals surface area contributed by atoms with E-state index in [1.165, 1.54) is 6.26 Å². The maximum absolute atomic E-state index is 11.4. The van der Waals surface area contributed by atoms with E-state index in [1.807, 2.05) is 13.1 Å². The minimum Gasteiger partial charge on any atom is -0.372 e. The summed E-state index contributed by atoms with van der Waals surface area (Å²) in [6, 6.07) is 8.70. The minimum atomic E-state index is -3.15. The number of anilines is 1. The zero-order chi connectivity index (χ0) is 13.3. The molecule has 0 saturated heterocycles. The van der Waals surface area contributed by atoms with Crippen molar-refractivity contribution in [3.8, 4) is 11.3 Å². The van der Waals surface area contributed by atoms with Crippen LogP contribution in [0.25, 0.3) is 11.3 Å². The first-order valence-corrected chi connectivity index (χ1v) is 7.33. The molecule has 2 rings (SSSR count). The lowest BCUT2D eigenvalue weighted by Crippen LogP contribution is -1.97. The molecule has 0 radical (unpaired) electrons. The van der Waals surface area contributed by atoms with Crippen molar-refractivity contribution in [3.05, 3.63) is 30.3 Å². The molecule has 0 aliphatic rings. The lowest BCUT2D eigenvalue weighted by molar-refractivity contribution is 0.602. The van der Waals surface area contributed by atoms with Crippen LogP contribution in [0.1, 0.15) is 0 Å². The fourth-order valence-corrected chi connectivity index (χ4v) is 2.36. The van der Waals surface area contributed by atoms with Crippen molar-refractivity contribution >= 4 is 15.7 Å². The summed E-state index contributed by atoms with van der Waals surface area (Å²) in [7, 11) is 0.506. The van der Waals surface area contributed by atoms with Crippen molar-refractivity contribution in [2.45, 2.75) is 4.90 Å².